The first-order valence-electron chi connectivity index (χ1n) is 10.8. The summed E-state index contributed by atoms with van der Waals surface area (Å²) in [5.41, 5.74) is 1.24. The van der Waals surface area contributed by atoms with E-state index in [0.717, 1.165) is 4.90 Å². The molecule has 3 atom stereocenters. The van der Waals surface area contributed by atoms with Gasteiger partial charge < -0.3 is 20.5 Å². The SMILES string of the molecule is CCC(Sc1cccc(NC(=O)C2CC=CCC2C(=O)O)c1)C(=O)Nc1cccc(OC)c1. The molecular weight excluding hydrogens is 440 g/mol. The third kappa shape index (κ3) is 6.61. The van der Waals surface area contributed by atoms with E-state index in [4.69, 9.17) is 4.74 Å². The van der Waals surface area contributed by atoms with Gasteiger partial charge in [-0.1, -0.05) is 31.2 Å². The van der Waals surface area contributed by atoms with Crippen LogP contribution in [-0.2, 0) is 14.4 Å². The van der Waals surface area contributed by atoms with Gasteiger partial charge in [0, 0.05) is 22.3 Å². The van der Waals surface area contributed by atoms with Crippen LogP contribution in [0.1, 0.15) is 26.2 Å². The minimum Gasteiger partial charge on any atom is -0.497 e. The molecule has 174 valence electrons. The maximum absolute atomic E-state index is 12.8. The molecule has 1 aliphatic rings. The van der Waals surface area contributed by atoms with Crippen molar-refractivity contribution < 1.29 is 24.2 Å². The minimum atomic E-state index is -0.961. The first kappa shape index (κ1) is 24.4. The van der Waals surface area contributed by atoms with Gasteiger partial charge in [0.15, 0.2) is 0 Å². The van der Waals surface area contributed by atoms with Crippen molar-refractivity contribution in [1.82, 2.24) is 0 Å². The van der Waals surface area contributed by atoms with Gasteiger partial charge in [-0.05, 0) is 49.6 Å². The van der Waals surface area contributed by atoms with Crippen LogP contribution >= 0.6 is 11.8 Å². The van der Waals surface area contributed by atoms with E-state index >= 15 is 0 Å². The summed E-state index contributed by atoms with van der Waals surface area (Å²) in [7, 11) is 1.57. The van der Waals surface area contributed by atoms with E-state index in [-0.39, 0.29) is 17.1 Å². The van der Waals surface area contributed by atoms with E-state index < -0.39 is 17.8 Å². The Morgan fingerprint density at radius 1 is 1.03 bits per heavy atom. The Hall–Kier alpha value is -3.26. The van der Waals surface area contributed by atoms with Gasteiger partial charge in [-0.15, -0.1) is 11.8 Å². The first-order chi connectivity index (χ1) is 15.9. The lowest BCUT2D eigenvalue weighted by Gasteiger charge is -2.24. The second-order valence-corrected chi connectivity index (χ2v) is 9.02. The van der Waals surface area contributed by atoms with E-state index in [0.29, 0.717) is 36.4 Å². The molecule has 2 aromatic carbocycles. The molecule has 2 amide bonds. The standard InChI is InChI=1S/C25H28N2O5S/c1-3-22(24(29)27-16-8-6-10-18(14-16)32-2)33-19-11-7-9-17(15-19)26-23(28)20-12-4-5-13-21(20)25(30)31/h4-11,14-15,20-22H,3,12-13H2,1-2H3,(H,26,28)(H,27,29)(H,30,31). The molecule has 7 nitrogen and oxygen atoms in total. The van der Waals surface area contributed by atoms with Crippen LogP contribution in [0.3, 0.4) is 0 Å². The number of benzene rings is 2. The molecule has 3 unspecified atom stereocenters. The van der Waals surface area contributed by atoms with Gasteiger partial charge in [0.1, 0.15) is 5.75 Å². The quantitative estimate of drug-likeness (QED) is 0.360. The highest BCUT2D eigenvalue weighted by molar-refractivity contribution is 8.00. The number of allylic oxidation sites excluding steroid dienone is 2. The molecule has 0 heterocycles. The molecule has 3 N–H and O–H groups in total. The van der Waals surface area contributed by atoms with Crippen LogP contribution in [0.2, 0.25) is 0 Å². The Kier molecular flexibility index (Phi) is 8.54. The molecule has 1 aliphatic carbocycles. The summed E-state index contributed by atoms with van der Waals surface area (Å²) in [6, 6.07) is 14.4. The molecule has 0 bridgehead atoms. The Morgan fingerprint density at radius 2 is 1.70 bits per heavy atom. The molecule has 33 heavy (non-hydrogen) atoms. The zero-order valence-electron chi connectivity index (χ0n) is 18.6. The van der Waals surface area contributed by atoms with E-state index in [9.17, 15) is 19.5 Å². The molecule has 0 radical (unpaired) electrons. The summed E-state index contributed by atoms with van der Waals surface area (Å²) in [5.74, 6) is -2.06. The van der Waals surface area contributed by atoms with Gasteiger partial charge in [0.2, 0.25) is 11.8 Å². The Bertz CT molecular complexity index is 1040. The maximum atomic E-state index is 12.8. The number of carboxylic acid groups (broad SMARTS) is 1. The van der Waals surface area contributed by atoms with E-state index in [2.05, 4.69) is 10.6 Å². The lowest BCUT2D eigenvalue weighted by atomic mass is 9.82. The van der Waals surface area contributed by atoms with Gasteiger partial charge in [-0.25, -0.2) is 0 Å². The number of anilines is 2. The van der Waals surface area contributed by atoms with Crippen molar-refractivity contribution in [2.45, 2.75) is 36.3 Å². The number of aliphatic carboxylic acids is 1. The van der Waals surface area contributed by atoms with Gasteiger partial charge in [-0.2, -0.15) is 0 Å². The third-order valence-electron chi connectivity index (χ3n) is 5.47. The Balaban J connectivity index is 1.65. The summed E-state index contributed by atoms with van der Waals surface area (Å²) >= 11 is 1.41. The number of methoxy groups -OCH3 is 1. The first-order valence-corrected chi connectivity index (χ1v) is 11.7. The predicted octanol–water partition coefficient (Wildman–Crippen LogP) is 4.81. The third-order valence-corrected chi connectivity index (χ3v) is 6.82. The fourth-order valence-electron chi connectivity index (χ4n) is 3.67. The van der Waals surface area contributed by atoms with Crippen molar-refractivity contribution in [3.63, 3.8) is 0 Å². The molecule has 8 heteroatoms. The van der Waals surface area contributed by atoms with Crippen LogP contribution in [0.5, 0.6) is 5.75 Å². The molecule has 0 aromatic heterocycles. The maximum Gasteiger partial charge on any atom is 0.307 e. The second kappa shape index (κ2) is 11.6. The van der Waals surface area contributed by atoms with Crippen LogP contribution in [0.25, 0.3) is 0 Å². The fraction of sp³-hybridized carbons (Fsp3) is 0.320. The number of hydrogen-bond donors (Lipinski definition) is 3. The van der Waals surface area contributed by atoms with E-state index in [1.54, 1.807) is 43.5 Å². The lowest BCUT2D eigenvalue weighted by Crippen LogP contribution is -2.34. The van der Waals surface area contributed by atoms with Crippen LogP contribution in [0.4, 0.5) is 11.4 Å². The zero-order valence-corrected chi connectivity index (χ0v) is 19.4. The Labute approximate surface area is 197 Å². The van der Waals surface area contributed by atoms with Crippen molar-refractivity contribution in [2.24, 2.45) is 11.8 Å². The molecule has 0 fully saturated rings. The molecule has 2 aromatic rings. The summed E-state index contributed by atoms with van der Waals surface area (Å²) < 4.78 is 5.20. The van der Waals surface area contributed by atoms with Crippen molar-refractivity contribution in [3.05, 3.63) is 60.7 Å². The highest BCUT2D eigenvalue weighted by Crippen LogP contribution is 2.31. The molecular formula is C25H28N2O5S. The molecule has 0 aliphatic heterocycles. The normalized spacial score (nSPS) is 18.2. The molecule has 0 spiro atoms. The average Bonchev–Trinajstić information content (AvgIpc) is 2.82. The van der Waals surface area contributed by atoms with Crippen molar-refractivity contribution >= 4 is 40.9 Å². The van der Waals surface area contributed by atoms with Crippen molar-refractivity contribution in [3.8, 4) is 5.75 Å². The van der Waals surface area contributed by atoms with Gasteiger partial charge in [0.05, 0.1) is 24.2 Å². The smallest absolute Gasteiger partial charge is 0.307 e. The van der Waals surface area contributed by atoms with Gasteiger partial charge in [0.25, 0.3) is 0 Å². The number of carboxylic acids is 1. The number of amides is 2. The number of ether oxygens (including phenoxy) is 1. The fourth-order valence-corrected chi connectivity index (χ4v) is 4.68. The predicted molar refractivity (Wildman–Crippen MR) is 130 cm³/mol. The van der Waals surface area contributed by atoms with Crippen LogP contribution < -0.4 is 15.4 Å². The lowest BCUT2D eigenvalue weighted by molar-refractivity contribution is -0.146. The summed E-state index contributed by atoms with van der Waals surface area (Å²) in [6.07, 6.45) is 5.03. The highest BCUT2D eigenvalue weighted by Gasteiger charge is 2.34. The van der Waals surface area contributed by atoms with Crippen LogP contribution in [0, 0.1) is 11.8 Å². The summed E-state index contributed by atoms with van der Waals surface area (Å²) in [5, 5.41) is 14.9. The van der Waals surface area contributed by atoms with Crippen molar-refractivity contribution in [1.29, 1.82) is 0 Å². The van der Waals surface area contributed by atoms with Crippen LogP contribution in [0.15, 0.2) is 65.6 Å². The second-order valence-electron chi connectivity index (χ2n) is 7.75. The summed E-state index contributed by atoms with van der Waals surface area (Å²) in [6.45, 7) is 1.94. The van der Waals surface area contributed by atoms with Gasteiger partial charge in [-0.3, -0.25) is 14.4 Å². The van der Waals surface area contributed by atoms with Crippen molar-refractivity contribution in [2.75, 3.05) is 17.7 Å². The van der Waals surface area contributed by atoms with E-state index in [1.807, 2.05) is 31.2 Å². The Morgan fingerprint density at radius 3 is 2.36 bits per heavy atom. The average molecular weight is 469 g/mol. The highest BCUT2D eigenvalue weighted by atomic mass is 32.2. The summed E-state index contributed by atoms with van der Waals surface area (Å²) in [4.78, 5) is 37.9. The van der Waals surface area contributed by atoms with Crippen LogP contribution in [-0.4, -0.2) is 35.2 Å². The molecule has 0 saturated carbocycles. The number of carbonyl (C=O) groups is 3. The van der Waals surface area contributed by atoms with Gasteiger partial charge >= 0.3 is 5.97 Å². The molecule has 0 saturated heterocycles. The topological polar surface area (TPSA) is 105 Å². The number of carbonyl (C=O) groups excluding carboxylic acids is 2. The number of thioether (sulfide) groups is 1. The minimum absolute atomic E-state index is 0.122. The number of hydrogen-bond acceptors (Lipinski definition) is 5. The monoisotopic (exact) mass is 468 g/mol. The molecule has 3 rings (SSSR count). The number of rotatable bonds is 9. The van der Waals surface area contributed by atoms with E-state index in [1.165, 1.54) is 11.8 Å². The number of nitrogens with one attached hydrogen (secondary N) is 2. The largest absolute Gasteiger partial charge is 0.497 e. The zero-order chi connectivity index (χ0) is 23.8.